The lowest BCUT2D eigenvalue weighted by atomic mass is 9.97. The fourth-order valence-electron chi connectivity index (χ4n) is 9.49. The molecule has 0 saturated heterocycles. The standard InChI is InChI=1S/C58H35NO2S/c1-3-12-36(13-4-1)40-24-30-53-48(32-40)49-35-51(56-50-33-41(37-14-5-2-6-15-37)25-31-55(50)62-58(56)57(49)61-53)59(43-28-29-47-46-19-9-10-21-52(46)60-54(47)34-43)42-26-22-39(23-27-42)45-20-11-17-38-16-7-8-18-44(38)45/h1-35H. The summed E-state index contributed by atoms with van der Waals surface area (Å²) in [5.74, 6) is 0. The molecule has 4 heteroatoms. The average Bonchev–Trinajstić information content (AvgIpc) is 4.03. The highest BCUT2D eigenvalue weighted by molar-refractivity contribution is 7.26. The molecule has 3 nitrogen and oxygen atoms in total. The Morgan fingerprint density at radius 1 is 0.355 bits per heavy atom. The zero-order valence-electron chi connectivity index (χ0n) is 33.4. The lowest BCUT2D eigenvalue weighted by Gasteiger charge is -2.27. The van der Waals surface area contributed by atoms with Gasteiger partial charge in [0.05, 0.1) is 10.4 Å². The molecule has 0 aliphatic carbocycles. The first-order valence-corrected chi connectivity index (χ1v) is 21.8. The van der Waals surface area contributed by atoms with Crippen molar-refractivity contribution in [1.29, 1.82) is 0 Å². The van der Waals surface area contributed by atoms with Crippen LogP contribution in [0.3, 0.4) is 0 Å². The van der Waals surface area contributed by atoms with Crippen LogP contribution in [0.1, 0.15) is 0 Å². The second kappa shape index (κ2) is 13.8. The summed E-state index contributed by atoms with van der Waals surface area (Å²) in [7, 11) is 0. The van der Waals surface area contributed by atoms with Crippen LogP contribution in [0, 0.1) is 0 Å². The second-order valence-corrected chi connectivity index (χ2v) is 17.1. The van der Waals surface area contributed by atoms with E-state index in [-0.39, 0.29) is 0 Å². The monoisotopic (exact) mass is 809 g/mol. The molecule has 0 spiro atoms. The average molecular weight is 810 g/mol. The zero-order chi connectivity index (χ0) is 40.7. The van der Waals surface area contributed by atoms with E-state index in [9.17, 15) is 0 Å². The molecule has 0 aliphatic heterocycles. The van der Waals surface area contributed by atoms with Crippen molar-refractivity contribution in [2.24, 2.45) is 0 Å². The molecule has 0 unspecified atom stereocenters. The first-order chi connectivity index (χ1) is 30.7. The number of hydrogen-bond acceptors (Lipinski definition) is 4. The molecule has 3 aromatic heterocycles. The molecule has 0 N–H and O–H groups in total. The van der Waals surface area contributed by atoms with Crippen molar-refractivity contribution in [3.8, 4) is 33.4 Å². The number of rotatable bonds is 6. The molecule has 0 radical (unpaired) electrons. The van der Waals surface area contributed by atoms with Crippen molar-refractivity contribution < 1.29 is 8.83 Å². The summed E-state index contributed by atoms with van der Waals surface area (Å²) in [5.41, 5.74) is 13.7. The Morgan fingerprint density at radius 3 is 1.79 bits per heavy atom. The summed E-state index contributed by atoms with van der Waals surface area (Å²) >= 11 is 1.80. The van der Waals surface area contributed by atoms with Crippen LogP contribution in [0.15, 0.2) is 221 Å². The molecule has 0 saturated carbocycles. The van der Waals surface area contributed by atoms with E-state index in [0.29, 0.717) is 0 Å². The van der Waals surface area contributed by atoms with Crippen molar-refractivity contribution in [2.45, 2.75) is 0 Å². The van der Waals surface area contributed by atoms with Crippen LogP contribution >= 0.6 is 11.3 Å². The van der Waals surface area contributed by atoms with Gasteiger partial charge < -0.3 is 13.7 Å². The highest BCUT2D eigenvalue weighted by atomic mass is 32.1. The molecular formula is C58H35NO2S. The second-order valence-electron chi connectivity index (χ2n) is 16.0. The maximum absolute atomic E-state index is 6.92. The Hall–Kier alpha value is -7.92. The smallest absolute Gasteiger partial charge is 0.153 e. The molecule has 0 atom stereocenters. The van der Waals surface area contributed by atoms with Gasteiger partial charge in [-0.25, -0.2) is 0 Å². The molecular weight excluding hydrogens is 775 g/mol. The number of thiophene rings is 1. The van der Waals surface area contributed by atoms with Crippen LogP contribution < -0.4 is 4.90 Å². The molecule has 10 aromatic carbocycles. The van der Waals surface area contributed by atoms with Gasteiger partial charge in [-0.1, -0.05) is 146 Å². The fourth-order valence-corrected chi connectivity index (χ4v) is 10.7. The molecule has 0 aliphatic rings. The Morgan fingerprint density at radius 2 is 0.984 bits per heavy atom. The number of nitrogens with zero attached hydrogens (tertiary/aromatic N) is 1. The topological polar surface area (TPSA) is 29.5 Å². The van der Waals surface area contributed by atoms with Crippen LogP contribution in [-0.4, -0.2) is 0 Å². The predicted octanol–water partition coefficient (Wildman–Crippen LogP) is 17.5. The first kappa shape index (κ1) is 34.9. The van der Waals surface area contributed by atoms with Gasteiger partial charge in [-0.15, -0.1) is 11.3 Å². The van der Waals surface area contributed by atoms with Crippen molar-refractivity contribution in [1.82, 2.24) is 0 Å². The van der Waals surface area contributed by atoms with Gasteiger partial charge in [-0.2, -0.15) is 0 Å². The highest BCUT2D eigenvalue weighted by Crippen LogP contribution is 2.51. The molecule has 62 heavy (non-hydrogen) atoms. The number of benzene rings is 10. The van der Waals surface area contributed by atoms with E-state index in [1.807, 2.05) is 12.1 Å². The van der Waals surface area contributed by atoms with E-state index >= 15 is 0 Å². The molecule has 13 aromatic rings. The summed E-state index contributed by atoms with van der Waals surface area (Å²) in [6, 6.07) is 76.2. The minimum atomic E-state index is 0.848. The van der Waals surface area contributed by atoms with Crippen molar-refractivity contribution in [3.63, 3.8) is 0 Å². The number of para-hydroxylation sites is 1. The van der Waals surface area contributed by atoms with E-state index < -0.39 is 0 Å². The zero-order valence-corrected chi connectivity index (χ0v) is 34.2. The molecule has 13 rings (SSSR count). The third-order valence-corrected chi connectivity index (χ3v) is 13.6. The van der Waals surface area contributed by atoms with Crippen LogP contribution in [0.25, 0.3) is 108 Å². The highest BCUT2D eigenvalue weighted by Gasteiger charge is 2.25. The van der Waals surface area contributed by atoms with Gasteiger partial charge in [0.25, 0.3) is 0 Å². The van der Waals surface area contributed by atoms with Gasteiger partial charge in [0.1, 0.15) is 16.7 Å². The lowest BCUT2D eigenvalue weighted by Crippen LogP contribution is -2.10. The molecule has 0 bridgehead atoms. The SMILES string of the molecule is c1ccc(-c2ccc3oc4c(cc(N(c5ccc(-c6cccc7ccccc67)cc5)c5ccc6c(c5)oc5ccccc56)c5c6cc(-c7ccccc7)ccc6sc45)c3c2)cc1. The Balaban J connectivity index is 1.11. The maximum Gasteiger partial charge on any atom is 0.153 e. The third-order valence-electron chi connectivity index (χ3n) is 12.5. The van der Waals surface area contributed by atoms with Crippen LogP contribution in [0.2, 0.25) is 0 Å². The van der Waals surface area contributed by atoms with E-state index in [1.54, 1.807) is 11.3 Å². The fraction of sp³-hybridized carbons (Fsp3) is 0. The Labute approximate surface area is 360 Å². The van der Waals surface area contributed by atoms with E-state index in [4.69, 9.17) is 8.83 Å². The Bertz CT molecular complexity index is 3850. The Kier molecular flexibility index (Phi) is 7.78. The van der Waals surface area contributed by atoms with Gasteiger partial charge in [0.15, 0.2) is 5.58 Å². The predicted molar refractivity (Wildman–Crippen MR) is 262 cm³/mol. The molecule has 0 amide bonds. The normalized spacial score (nSPS) is 11.9. The van der Waals surface area contributed by atoms with Gasteiger partial charge in [-0.3, -0.25) is 0 Å². The van der Waals surface area contributed by atoms with Gasteiger partial charge in [0.2, 0.25) is 0 Å². The lowest BCUT2D eigenvalue weighted by molar-refractivity contribution is 0.669. The third kappa shape index (κ3) is 5.51. The van der Waals surface area contributed by atoms with Gasteiger partial charge >= 0.3 is 0 Å². The summed E-state index contributed by atoms with van der Waals surface area (Å²) < 4.78 is 15.8. The first-order valence-electron chi connectivity index (χ1n) is 21.0. The summed E-state index contributed by atoms with van der Waals surface area (Å²) in [6.45, 7) is 0. The number of fused-ring (bicyclic) bond motifs is 11. The van der Waals surface area contributed by atoms with E-state index in [2.05, 4.69) is 205 Å². The molecule has 290 valence electrons. The summed E-state index contributed by atoms with van der Waals surface area (Å²) in [6.07, 6.45) is 0. The minimum Gasteiger partial charge on any atom is -0.456 e. The number of furan rings is 2. The van der Waals surface area contributed by atoms with E-state index in [0.717, 1.165) is 76.6 Å². The van der Waals surface area contributed by atoms with Crippen molar-refractivity contribution in [3.05, 3.63) is 212 Å². The molecule has 0 fully saturated rings. The van der Waals surface area contributed by atoms with Crippen molar-refractivity contribution in [2.75, 3.05) is 4.90 Å². The quantitative estimate of drug-likeness (QED) is 0.168. The summed E-state index contributed by atoms with van der Waals surface area (Å²) in [4.78, 5) is 2.42. The number of hydrogen-bond donors (Lipinski definition) is 0. The largest absolute Gasteiger partial charge is 0.456 e. The van der Waals surface area contributed by atoms with Crippen LogP contribution in [-0.2, 0) is 0 Å². The summed E-state index contributed by atoms with van der Waals surface area (Å²) in [5, 5.41) is 9.19. The van der Waals surface area contributed by atoms with Crippen LogP contribution in [0.4, 0.5) is 17.1 Å². The van der Waals surface area contributed by atoms with E-state index in [1.165, 1.54) is 48.7 Å². The van der Waals surface area contributed by atoms with Crippen molar-refractivity contribution >= 4 is 103 Å². The maximum atomic E-state index is 6.92. The van der Waals surface area contributed by atoms with Crippen LogP contribution in [0.5, 0.6) is 0 Å². The number of anilines is 3. The minimum absolute atomic E-state index is 0.848. The molecule has 3 heterocycles. The van der Waals surface area contributed by atoms with Gasteiger partial charge in [0, 0.05) is 54.5 Å². The van der Waals surface area contributed by atoms with Gasteiger partial charge in [-0.05, 0) is 105 Å².